The second-order valence-electron chi connectivity index (χ2n) is 8.40. The Morgan fingerprint density at radius 2 is 1.88 bits per heavy atom. The first-order valence-electron chi connectivity index (χ1n) is 11.0. The molecule has 0 N–H and O–H groups in total. The zero-order chi connectivity index (χ0) is 22.7. The molecule has 4 rings (SSSR count). The van der Waals surface area contributed by atoms with Gasteiger partial charge >= 0.3 is 5.97 Å². The van der Waals surface area contributed by atoms with Gasteiger partial charge in [-0.05, 0) is 29.9 Å². The van der Waals surface area contributed by atoms with Crippen LogP contribution in [0.2, 0.25) is 0 Å². The maximum Gasteiger partial charge on any atom is 0.311 e. The van der Waals surface area contributed by atoms with Crippen LogP contribution in [-0.2, 0) is 25.7 Å². The van der Waals surface area contributed by atoms with Crippen LogP contribution in [0, 0.1) is 5.92 Å². The predicted molar refractivity (Wildman–Crippen MR) is 121 cm³/mol. The minimum Gasteiger partial charge on any atom is -0.496 e. The molecule has 0 aromatic heterocycles. The van der Waals surface area contributed by atoms with Crippen molar-refractivity contribution in [2.45, 2.75) is 31.3 Å². The summed E-state index contributed by atoms with van der Waals surface area (Å²) in [6.07, 6.45) is 3.01. The summed E-state index contributed by atoms with van der Waals surface area (Å²) in [5.74, 6) is -0.175. The molecule has 2 aromatic carbocycles. The molecule has 2 fully saturated rings. The number of benzene rings is 2. The van der Waals surface area contributed by atoms with Crippen molar-refractivity contribution in [3.8, 4) is 5.75 Å². The molecule has 0 aliphatic carbocycles. The van der Waals surface area contributed by atoms with Crippen molar-refractivity contribution >= 4 is 22.6 Å². The van der Waals surface area contributed by atoms with Gasteiger partial charge in [0.05, 0.1) is 32.3 Å². The number of nitrogens with zero attached hydrogens (tertiary/aromatic N) is 2. The number of methoxy groups -OCH3 is 2. The molecule has 2 aliphatic heterocycles. The van der Waals surface area contributed by atoms with Crippen LogP contribution in [0.15, 0.2) is 49.1 Å². The van der Waals surface area contributed by atoms with Gasteiger partial charge in [-0.25, -0.2) is 5.06 Å². The lowest BCUT2D eigenvalue weighted by atomic mass is 9.77. The maximum atomic E-state index is 12.7. The smallest absolute Gasteiger partial charge is 0.311 e. The van der Waals surface area contributed by atoms with Crippen LogP contribution in [-0.4, -0.2) is 61.3 Å². The van der Waals surface area contributed by atoms with E-state index in [2.05, 4.69) is 29.7 Å². The van der Waals surface area contributed by atoms with Crippen molar-refractivity contribution in [1.29, 1.82) is 0 Å². The highest BCUT2D eigenvalue weighted by atomic mass is 16.7. The van der Waals surface area contributed by atoms with E-state index in [1.807, 2.05) is 18.2 Å². The van der Waals surface area contributed by atoms with Crippen LogP contribution in [0.4, 0.5) is 0 Å². The van der Waals surface area contributed by atoms with Crippen molar-refractivity contribution in [3.05, 3.63) is 54.6 Å². The normalized spacial score (nSPS) is 20.6. The quantitative estimate of drug-likeness (QED) is 0.488. The number of hydrogen-bond donors (Lipinski definition) is 0. The van der Waals surface area contributed by atoms with Crippen molar-refractivity contribution in [3.63, 3.8) is 0 Å². The summed E-state index contributed by atoms with van der Waals surface area (Å²) < 4.78 is 10.6. The van der Waals surface area contributed by atoms with Gasteiger partial charge in [0, 0.05) is 31.4 Å². The largest absolute Gasteiger partial charge is 0.496 e. The van der Waals surface area contributed by atoms with Crippen LogP contribution < -0.4 is 4.74 Å². The van der Waals surface area contributed by atoms with E-state index in [0.717, 1.165) is 30.8 Å². The van der Waals surface area contributed by atoms with E-state index in [1.165, 1.54) is 23.1 Å². The third-order valence-corrected chi connectivity index (χ3v) is 6.78. The molecule has 32 heavy (non-hydrogen) atoms. The van der Waals surface area contributed by atoms with Gasteiger partial charge in [0.25, 0.3) is 0 Å². The first kappa shape index (κ1) is 22.3. The summed E-state index contributed by atoms with van der Waals surface area (Å²) in [4.78, 5) is 33.3. The molecule has 2 heterocycles. The lowest BCUT2D eigenvalue weighted by molar-refractivity contribution is -0.218. The molecule has 7 nitrogen and oxygen atoms in total. The number of hydroxylamine groups is 2. The molecule has 7 heteroatoms. The molecule has 0 radical (unpaired) electrons. The number of likely N-dealkylation sites (tertiary alicyclic amines) is 1. The number of carbonyl (C=O) groups is 2. The van der Waals surface area contributed by atoms with E-state index in [9.17, 15) is 9.59 Å². The summed E-state index contributed by atoms with van der Waals surface area (Å²) in [5.41, 5.74) is 0.551. The van der Waals surface area contributed by atoms with Gasteiger partial charge in [-0.2, -0.15) is 0 Å². The van der Waals surface area contributed by atoms with Crippen molar-refractivity contribution in [2.75, 3.05) is 33.9 Å². The number of esters is 1. The van der Waals surface area contributed by atoms with Gasteiger partial charge < -0.3 is 9.47 Å². The number of amides is 1. The molecular weight excluding hydrogens is 408 g/mol. The average Bonchev–Trinajstić information content (AvgIpc) is 3.09. The predicted octanol–water partition coefficient (Wildman–Crippen LogP) is 3.32. The third kappa shape index (κ3) is 3.87. The molecule has 1 spiro atoms. The Hall–Kier alpha value is -2.90. The molecular formula is C25H30N2O5. The lowest BCUT2D eigenvalue weighted by Crippen LogP contribution is -2.57. The Balaban J connectivity index is 1.54. The number of piperidine rings is 1. The lowest BCUT2D eigenvalue weighted by Gasteiger charge is -2.45. The van der Waals surface area contributed by atoms with Gasteiger partial charge in [-0.3, -0.25) is 19.3 Å². The fraction of sp³-hybridized carbons (Fsp3) is 0.440. The standard InChI is InChI=1S/C25H30N2O5/c1-4-15-32-27-23(28)16-21(24(29)31-3)25(27)11-13-26(14-12-25)17-18-9-10-22(30-2)20-8-6-5-7-19(18)20/h4-10,21H,1,11-17H2,2-3H3. The second-order valence-corrected chi connectivity index (χ2v) is 8.40. The zero-order valence-corrected chi connectivity index (χ0v) is 18.7. The van der Waals surface area contributed by atoms with E-state index < -0.39 is 11.5 Å². The van der Waals surface area contributed by atoms with Gasteiger partial charge in [-0.1, -0.05) is 36.4 Å². The van der Waals surface area contributed by atoms with Gasteiger partial charge in [-0.15, -0.1) is 6.58 Å². The Bertz CT molecular complexity index is 1010. The molecule has 170 valence electrons. The number of carbonyl (C=O) groups excluding carboxylic acids is 2. The monoisotopic (exact) mass is 438 g/mol. The van der Waals surface area contributed by atoms with Crippen molar-refractivity contribution in [2.24, 2.45) is 5.92 Å². The SMILES string of the molecule is C=CCON1C(=O)CC(C(=O)OC)C12CCN(Cc1ccc(OC)c3ccccc13)CC2. The summed E-state index contributed by atoms with van der Waals surface area (Å²) in [6, 6.07) is 12.4. The Kier molecular flexibility index (Phi) is 6.48. The molecule has 1 amide bonds. The van der Waals surface area contributed by atoms with Crippen molar-refractivity contribution in [1.82, 2.24) is 9.96 Å². The number of rotatable bonds is 7. The maximum absolute atomic E-state index is 12.7. The van der Waals surface area contributed by atoms with Crippen LogP contribution >= 0.6 is 0 Å². The van der Waals surface area contributed by atoms with Crippen molar-refractivity contribution < 1.29 is 23.9 Å². The molecule has 1 atom stereocenters. The topological polar surface area (TPSA) is 68.3 Å². The summed E-state index contributed by atoms with van der Waals surface area (Å²) in [5, 5.41) is 3.71. The highest BCUT2D eigenvalue weighted by molar-refractivity contribution is 5.91. The molecule has 2 aliphatic rings. The minimum absolute atomic E-state index is 0.118. The van der Waals surface area contributed by atoms with Crippen LogP contribution in [0.1, 0.15) is 24.8 Å². The first-order chi connectivity index (χ1) is 15.5. The van der Waals surface area contributed by atoms with E-state index in [-0.39, 0.29) is 24.9 Å². The van der Waals surface area contributed by atoms with Gasteiger partial charge in [0.1, 0.15) is 5.75 Å². The van der Waals surface area contributed by atoms with E-state index >= 15 is 0 Å². The van der Waals surface area contributed by atoms with Gasteiger partial charge in [0.15, 0.2) is 0 Å². The number of hydrogen-bond acceptors (Lipinski definition) is 6. The van der Waals surface area contributed by atoms with E-state index in [1.54, 1.807) is 13.2 Å². The molecule has 2 aromatic rings. The summed E-state index contributed by atoms with van der Waals surface area (Å²) >= 11 is 0. The summed E-state index contributed by atoms with van der Waals surface area (Å²) in [6.45, 7) is 6.17. The minimum atomic E-state index is -0.675. The van der Waals surface area contributed by atoms with E-state index in [0.29, 0.717) is 12.8 Å². The molecule has 2 saturated heterocycles. The first-order valence-corrected chi connectivity index (χ1v) is 11.0. The summed E-state index contributed by atoms with van der Waals surface area (Å²) in [7, 11) is 3.06. The van der Waals surface area contributed by atoms with Crippen LogP contribution in [0.25, 0.3) is 10.8 Å². The molecule has 1 unspecified atom stereocenters. The van der Waals surface area contributed by atoms with Crippen LogP contribution in [0.5, 0.6) is 5.75 Å². The molecule has 0 bridgehead atoms. The van der Waals surface area contributed by atoms with E-state index in [4.69, 9.17) is 14.3 Å². The average molecular weight is 439 g/mol. The fourth-order valence-corrected chi connectivity index (χ4v) is 5.15. The second kappa shape index (κ2) is 9.30. The van der Waals surface area contributed by atoms with Gasteiger partial charge in [0.2, 0.25) is 5.91 Å². The Morgan fingerprint density at radius 3 is 2.53 bits per heavy atom. The highest BCUT2D eigenvalue weighted by Gasteiger charge is 2.58. The molecule has 0 saturated carbocycles. The third-order valence-electron chi connectivity index (χ3n) is 6.78. The fourth-order valence-electron chi connectivity index (χ4n) is 5.15. The number of fused-ring (bicyclic) bond motifs is 1. The number of ether oxygens (including phenoxy) is 2. The highest BCUT2D eigenvalue weighted by Crippen LogP contribution is 2.44. The Morgan fingerprint density at radius 1 is 1.16 bits per heavy atom. The van der Waals surface area contributed by atoms with Crippen LogP contribution in [0.3, 0.4) is 0 Å². The zero-order valence-electron chi connectivity index (χ0n) is 18.7. The Labute approximate surface area is 188 Å².